The van der Waals surface area contributed by atoms with Gasteiger partial charge >= 0.3 is 5.97 Å². The second-order valence-electron chi connectivity index (χ2n) is 3.13. The van der Waals surface area contributed by atoms with E-state index >= 15 is 0 Å². The van der Waals surface area contributed by atoms with Crippen molar-refractivity contribution < 1.29 is 13.9 Å². The van der Waals surface area contributed by atoms with E-state index < -0.39 is 5.97 Å². The molecule has 0 spiro atoms. The second-order valence-corrected chi connectivity index (χ2v) is 3.13. The van der Waals surface area contributed by atoms with Crippen molar-refractivity contribution in [3.8, 4) is 0 Å². The van der Waals surface area contributed by atoms with Gasteiger partial charge in [0.1, 0.15) is 5.82 Å². The molecule has 1 aromatic carbocycles. The summed E-state index contributed by atoms with van der Waals surface area (Å²) < 4.78 is 17.7. The van der Waals surface area contributed by atoms with E-state index in [1.807, 2.05) is 0 Å². The zero-order chi connectivity index (χ0) is 12.0. The van der Waals surface area contributed by atoms with Gasteiger partial charge < -0.3 is 10.5 Å². The van der Waals surface area contributed by atoms with Crippen LogP contribution in [-0.4, -0.2) is 12.6 Å². The monoisotopic (exact) mass is 223 g/mol. The van der Waals surface area contributed by atoms with Crippen LogP contribution in [0.2, 0.25) is 0 Å². The highest BCUT2D eigenvalue weighted by atomic mass is 19.1. The number of hydrogen-bond acceptors (Lipinski definition) is 3. The number of hydrogen-bond donors (Lipinski definition) is 1. The third kappa shape index (κ3) is 3.47. The number of nitrogens with two attached hydrogens (primary N) is 1. The zero-order valence-corrected chi connectivity index (χ0v) is 9.07. The summed E-state index contributed by atoms with van der Waals surface area (Å²) in [6.07, 6.45) is 2.76. The third-order valence-corrected chi connectivity index (χ3v) is 2.01. The van der Waals surface area contributed by atoms with Gasteiger partial charge in [-0.05, 0) is 36.3 Å². The second kappa shape index (κ2) is 6.02. The van der Waals surface area contributed by atoms with E-state index in [0.29, 0.717) is 18.7 Å². The van der Waals surface area contributed by atoms with Gasteiger partial charge in [-0.2, -0.15) is 0 Å². The van der Waals surface area contributed by atoms with Crippen LogP contribution in [0.3, 0.4) is 0 Å². The Morgan fingerprint density at radius 3 is 2.94 bits per heavy atom. The summed E-state index contributed by atoms with van der Waals surface area (Å²) in [6.45, 7) is 2.33. The first-order valence-corrected chi connectivity index (χ1v) is 5.00. The van der Waals surface area contributed by atoms with Crippen molar-refractivity contribution in [3.05, 3.63) is 41.2 Å². The third-order valence-electron chi connectivity index (χ3n) is 2.01. The van der Waals surface area contributed by atoms with E-state index in [4.69, 9.17) is 10.5 Å². The Kier molecular flexibility index (Phi) is 4.66. The number of benzene rings is 1. The molecule has 0 radical (unpaired) electrons. The zero-order valence-electron chi connectivity index (χ0n) is 9.07. The first kappa shape index (κ1) is 12.4. The fourth-order valence-corrected chi connectivity index (χ4v) is 1.26. The van der Waals surface area contributed by atoms with Crippen LogP contribution in [-0.2, 0) is 16.1 Å². The largest absolute Gasteiger partial charge is 0.463 e. The molecule has 0 saturated carbocycles. The molecule has 3 nitrogen and oxygen atoms in total. The van der Waals surface area contributed by atoms with Crippen molar-refractivity contribution in [1.29, 1.82) is 0 Å². The standard InChI is InChI=1S/C12H14FNO2/c1-2-16-12(15)6-4-9-7-11(13)5-3-10(9)8-14/h3-7H,2,8,14H2,1H3. The number of halogens is 1. The smallest absolute Gasteiger partial charge is 0.330 e. The maximum Gasteiger partial charge on any atom is 0.330 e. The topological polar surface area (TPSA) is 52.3 Å². The van der Waals surface area contributed by atoms with Gasteiger partial charge in [-0.1, -0.05) is 6.07 Å². The molecule has 0 aliphatic rings. The minimum absolute atomic E-state index is 0.294. The van der Waals surface area contributed by atoms with Crippen LogP contribution in [0.25, 0.3) is 6.08 Å². The van der Waals surface area contributed by atoms with Crippen LogP contribution >= 0.6 is 0 Å². The highest BCUT2D eigenvalue weighted by molar-refractivity contribution is 5.87. The van der Waals surface area contributed by atoms with Crippen molar-refractivity contribution in [2.45, 2.75) is 13.5 Å². The maximum atomic E-state index is 13.0. The molecule has 0 aromatic heterocycles. The highest BCUT2D eigenvalue weighted by Gasteiger charge is 2.01. The minimum atomic E-state index is -0.449. The SMILES string of the molecule is CCOC(=O)C=Cc1cc(F)ccc1CN. The van der Waals surface area contributed by atoms with E-state index in [0.717, 1.165) is 5.56 Å². The molecule has 0 fully saturated rings. The summed E-state index contributed by atoms with van der Waals surface area (Å²) in [5.41, 5.74) is 6.87. The molecule has 0 heterocycles. The van der Waals surface area contributed by atoms with Crippen LogP contribution in [0.5, 0.6) is 0 Å². The molecule has 0 atom stereocenters. The molecule has 2 N–H and O–H groups in total. The van der Waals surface area contributed by atoms with Gasteiger partial charge in [0.25, 0.3) is 0 Å². The lowest BCUT2D eigenvalue weighted by Gasteiger charge is -2.02. The normalized spacial score (nSPS) is 10.7. The fraction of sp³-hybridized carbons (Fsp3) is 0.250. The van der Waals surface area contributed by atoms with E-state index in [2.05, 4.69) is 0 Å². The van der Waals surface area contributed by atoms with Crippen LogP contribution in [0.1, 0.15) is 18.1 Å². The summed E-state index contributed by atoms with van der Waals surface area (Å²) in [7, 11) is 0. The predicted octanol–water partition coefficient (Wildman–Crippen LogP) is 1.86. The first-order chi connectivity index (χ1) is 7.67. The predicted molar refractivity (Wildman–Crippen MR) is 60.0 cm³/mol. The molecule has 0 amide bonds. The lowest BCUT2D eigenvalue weighted by Crippen LogP contribution is -2.01. The summed E-state index contributed by atoms with van der Waals surface area (Å²) in [5, 5.41) is 0. The molecule has 86 valence electrons. The van der Waals surface area contributed by atoms with Crippen molar-refractivity contribution in [3.63, 3.8) is 0 Å². The van der Waals surface area contributed by atoms with Crippen molar-refractivity contribution in [1.82, 2.24) is 0 Å². The van der Waals surface area contributed by atoms with Gasteiger partial charge in [-0.15, -0.1) is 0 Å². The highest BCUT2D eigenvalue weighted by Crippen LogP contribution is 2.12. The van der Waals surface area contributed by atoms with Crippen LogP contribution < -0.4 is 5.73 Å². The molecule has 1 rings (SSSR count). The van der Waals surface area contributed by atoms with Crippen molar-refractivity contribution >= 4 is 12.0 Å². The number of carbonyl (C=O) groups excluding carboxylic acids is 1. The molecule has 16 heavy (non-hydrogen) atoms. The Labute approximate surface area is 93.7 Å². The lowest BCUT2D eigenvalue weighted by molar-refractivity contribution is -0.137. The molecule has 0 unspecified atom stereocenters. The quantitative estimate of drug-likeness (QED) is 0.626. The fourth-order valence-electron chi connectivity index (χ4n) is 1.26. The molecular weight excluding hydrogens is 209 g/mol. The van der Waals surface area contributed by atoms with E-state index in [1.165, 1.54) is 24.3 Å². The lowest BCUT2D eigenvalue weighted by atomic mass is 10.1. The molecule has 0 aliphatic heterocycles. The molecular formula is C12H14FNO2. The first-order valence-electron chi connectivity index (χ1n) is 5.00. The van der Waals surface area contributed by atoms with Crippen LogP contribution in [0.15, 0.2) is 24.3 Å². The summed E-state index contributed by atoms with van der Waals surface area (Å²) >= 11 is 0. The van der Waals surface area contributed by atoms with Gasteiger partial charge in [0.15, 0.2) is 0 Å². The average molecular weight is 223 g/mol. The van der Waals surface area contributed by atoms with Gasteiger partial charge in [-0.25, -0.2) is 9.18 Å². The maximum absolute atomic E-state index is 13.0. The molecule has 0 bridgehead atoms. The Morgan fingerprint density at radius 1 is 1.56 bits per heavy atom. The van der Waals surface area contributed by atoms with Crippen molar-refractivity contribution in [2.75, 3.05) is 6.61 Å². The summed E-state index contributed by atoms with van der Waals surface area (Å²) in [6, 6.07) is 4.27. The van der Waals surface area contributed by atoms with Gasteiger partial charge in [0, 0.05) is 12.6 Å². The van der Waals surface area contributed by atoms with Crippen LogP contribution in [0.4, 0.5) is 4.39 Å². The average Bonchev–Trinajstić information content (AvgIpc) is 2.27. The van der Waals surface area contributed by atoms with Gasteiger partial charge in [-0.3, -0.25) is 0 Å². The van der Waals surface area contributed by atoms with E-state index in [9.17, 15) is 9.18 Å². The number of rotatable bonds is 4. The number of esters is 1. The van der Waals surface area contributed by atoms with Crippen molar-refractivity contribution in [2.24, 2.45) is 5.73 Å². The Balaban J connectivity index is 2.86. The Morgan fingerprint density at radius 2 is 2.31 bits per heavy atom. The molecule has 1 aromatic rings. The summed E-state index contributed by atoms with van der Waals surface area (Å²) in [5.74, 6) is -0.810. The van der Waals surface area contributed by atoms with Gasteiger partial charge in [0.2, 0.25) is 0 Å². The number of ether oxygens (including phenoxy) is 1. The molecule has 4 heteroatoms. The number of carbonyl (C=O) groups is 1. The van der Waals surface area contributed by atoms with Crippen LogP contribution in [0, 0.1) is 5.82 Å². The van der Waals surface area contributed by atoms with Gasteiger partial charge in [0.05, 0.1) is 6.61 Å². The molecule has 0 saturated heterocycles. The minimum Gasteiger partial charge on any atom is -0.463 e. The Bertz CT molecular complexity index is 402. The van der Waals surface area contributed by atoms with E-state index in [1.54, 1.807) is 13.0 Å². The molecule has 0 aliphatic carbocycles. The Hall–Kier alpha value is -1.68. The van der Waals surface area contributed by atoms with E-state index in [-0.39, 0.29) is 5.82 Å². The summed E-state index contributed by atoms with van der Waals surface area (Å²) in [4.78, 5) is 11.1.